The summed E-state index contributed by atoms with van der Waals surface area (Å²) < 4.78 is 1.13. The van der Waals surface area contributed by atoms with E-state index in [0.29, 0.717) is 5.02 Å². The molecule has 1 aromatic carbocycles. The number of nitrogens with one attached hydrogen (secondary N) is 1. The van der Waals surface area contributed by atoms with E-state index >= 15 is 0 Å². The molecule has 0 bridgehead atoms. The predicted octanol–water partition coefficient (Wildman–Crippen LogP) is 5.15. The van der Waals surface area contributed by atoms with E-state index in [4.69, 9.17) is 11.6 Å². The second-order valence-electron chi connectivity index (χ2n) is 4.35. The molecule has 1 aromatic heterocycles. The second kappa shape index (κ2) is 8.03. The third-order valence-electron chi connectivity index (χ3n) is 2.69. The number of halogens is 2. The van der Waals surface area contributed by atoms with Gasteiger partial charge in [0, 0.05) is 22.1 Å². The normalized spacial score (nSPS) is 10.8. The van der Waals surface area contributed by atoms with Gasteiger partial charge in [0.05, 0.1) is 5.02 Å². The predicted molar refractivity (Wildman–Crippen MR) is 89.5 cm³/mol. The Morgan fingerprint density at radius 3 is 2.80 bits per heavy atom. The van der Waals surface area contributed by atoms with Gasteiger partial charge in [-0.25, -0.2) is 4.98 Å². The maximum absolute atomic E-state index is 5.83. The summed E-state index contributed by atoms with van der Waals surface area (Å²) in [6.07, 6.45) is 2.82. The summed E-state index contributed by atoms with van der Waals surface area (Å²) in [7, 11) is 0. The van der Waals surface area contributed by atoms with E-state index < -0.39 is 0 Å². The second-order valence-corrected chi connectivity index (χ2v) is 6.73. The molecule has 0 fully saturated rings. The van der Waals surface area contributed by atoms with Crippen LogP contribution in [0.3, 0.4) is 0 Å². The Labute approximate surface area is 137 Å². The van der Waals surface area contributed by atoms with Gasteiger partial charge in [-0.1, -0.05) is 52.3 Å². The summed E-state index contributed by atoms with van der Waals surface area (Å²) in [6, 6.07) is 10.2. The topological polar surface area (TPSA) is 24.9 Å². The van der Waals surface area contributed by atoms with Crippen LogP contribution in [-0.4, -0.2) is 11.5 Å². The van der Waals surface area contributed by atoms with Crippen LogP contribution in [0.5, 0.6) is 0 Å². The minimum Gasteiger partial charge on any atom is -0.313 e. The molecule has 106 valence electrons. The van der Waals surface area contributed by atoms with Crippen LogP contribution in [0, 0.1) is 0 Å². The monoisotopic (exact) mass is 370 g/mol. The Balaban J connectivity index is 2.03. The van der Waals surface area contributed by atoms with Crippen LogP contribution in [0.25, 0.3) is 0 Å². The molecular formula is C15H16BrClN2S. The highest BCUT2D eigenvalue weighted by molar-refractivity contribution is 9.10. The quantitative estimate of drug-likeness (QED) is 0.711. The van der Waals surface area contributed by atoms with E-state index in [-0.39, 0.29) is 0 Å². The maximum atomic E-state index is 5.83. The van der Waals surface area contributed by atoms with Gasteiger partial charge in [0.25, 0.3) is 0 Å². The summed E-state index contributed by atoms with van der Waals surface area (Å²) in [6.45, 7) is 4.09. The molecule has 0 aliphatic carbocycles. The molecule has 2 rings (SSSR count). The van der Waals surface area contributed by atoms with Crippen molar-refractivity contribution >= 4 is 39.3 Å². The van der Waals surface area contributed by atoms with Crippen molar-refractivity contribution in [3.8, 4) is 0 Å². The van der Waals surface area contributed by atoms with Crippen molar-refractivity contribution in [1.29, 1.82) is 0 Å². The molecule has 0 radical (unpaired) electrons. The van der Waals surface area contributed by atoms with E-state index in [0.717, 1.165) is 33.9 Å². The molecule has 1 heterocycles. The molecule has 2 nitrogen and oxygen atoms in total. The zero-order valence-electron chi connectivity index (χ0n) is 11.2. The maximum Gasteiger partial charge on any atom is 0.101 e. The van der Waals surface area contributed by atoms with E-state index in [1.165, 1.54) is 5.56 Å². The first-order valence-electron chi connectivity index (χ1n) is 6.47. The Kier molecular flexibility index (Phi) is 6.36. The third kappa shape index (κ3) is 4.77. The lowest BCUT2D eigenvalue weighted by atomic mass is 10.2. The first-order chi connectivity index (χ1) is 9.69. The number of aromatic nitrogens is 1. The molecule has 0 aliphatic rings. The van der Waals surface area contributed by atoms with Crippen molar-refractivity contribution in [2.24, 2.45) is 0 Å². The van der Waals surface area contributed by atoms with Gasteiger partial charge in [-0.15, -0.1) is 0 Å². The Morgan fingerprint density at radius 2 is 2.15 bits per heavy atom. The molecule has 1 N–H and O–H groups in total. The van der Waals surface area contributed by atoms with Gasteiger partial charge < -0.3 is 5.32 Å². The van der Waals surface area contributed by atoms with E-state index in [9.17, 15) is 0 Å². The Hall–Kier alpha value is -0.550. The van der Waals surface area contributed by atoms with Crippen LogP contribution in [0.4, 0.5) is 0 Å². The minimum absolute atomic E-state index is 0.660. The molecule has 5 heteroatoms. The third-order valence-corrected chi connectivity index (χ3v) is 4.59. The number of hydrogen-bond donors (Lipinski definition) is 1. The number of nitrogens with zero attached hydrogens (tertiary/aromatic N) is 1. The standard InChI is InChI=1S/C15H16BrClN2S/c1-2-7-18-9-11-3-5-13(8-14(11)16)20-15-6-4-12(17)10-19-15/h3-6,8,10,18H,2,7,9H2,1H3. The lowest BCUT2D eigenvalue weighted by Crippen LogP contribution is -2.14. The lowest BCUT2D eigenvalue weighted by molar-refractivity contribution is 0.673. The van der Waals surface area contributed by atoms with Gasteiger partial charge >= 0.3 is 0 Å². The lowest BCUT2D eigenvalue weighted by Gasteiger charge is -2.08. The highest BCUT2D eigenvalue weighted by Crippen LogP contribution is 2.30. The molecular weight excluding hydrogens is 356 g/mol. The molecule has 2 aromatic rings. The van der Waals surface area contributed by atoms with Crippen LogP contribution in [0.1, 0.15) is 18.9 Å². The van der Waals surface area contributed by atoms with Gasteiger partial charge in [-0.05, 0) is 42.8 Å². The van der Waals surface area contributed by atoms with Crippen molar-refractivity contribution < 1.29 is 0 Å². The fraction of sp³-hybridized carbons (Fsp3) is 0.267. The fourth-order valence-electron chi connectivity index (χ4n) is 1.68. The van der Waals surface area contributed by atoms with E-state index in [1.807, 2.05) is 12.1 Å². The van der Waals surface area contributed by atoms with E-state index in [2.05, 4.69) is 51.4 Å². The van der Waals surface area contributed by atoms with E-state index in [1.54, 1.807) is 18.0 Å². The van der Waals surface area contributed by atoms with Crippen molar-refractivity contribution in [2.45, 2.75) is 29.8 Å². The molecule has 0 atom stereocenters. The first-order valence-corrected chi connectivity index (χ1v) is 8.46. The highest BCUT2D eigenvalue weighted by Gasteiger charge is 2.04. The molecule has 0 saturated heterocycles. The summed E-state index contributed by atoms with van der Waals surface area (Å²) in [5.74, 6) is 0. The molecule has 20 heavy (non-hydrogen) atoms. The first kappa shape index (κ1) is 15.8. The van der Waals surface area contributed by atoms with Crippen LogP contribution >= 0.6 is 39.3 Å². The highest BCUT2D eigenvalue weighted by atomic mass is 79.9. The summed E-state index contributed by atoms with van der Waals surface area (Å²) in [4.78, 5) is 5.45. The summed E-state index contributed by atoms with van der Waals surface area (Å²) in [5, 5.41) is 5.01. The average molecular weight is 372 g/mol. The van der Waals surface area contributed by atoms with Crippen LogP contribution in [0.15, 0.2) is 50.9 Å². The number of hydrogen-bond acceptors (Lipinski definition) is 3. The Morgan fingerprint density at radius 1 is 1.30 bits per heavy atom. The van der Waals surface area contributed by atoms with Crippen molar-refractivity contribution in [2.75, 3.05) is 6.54 Å². The van der Waals surface area contributed by atoms with Crippen molar-refractivity contribution in [3.63, 3.8) is 0 Å². The smallest absolute Gasteiger partial charge is 0.101 e. The minimum atomic E-state index is 0.660. The number of pyridine rings is 1. The fourth-order valence-corrected chi connectivity index (χ4v) is 3.26. The largest absolute Gasteiger partial charge is 0.313 e. The summed E-state index contributed by atoms with van der Waals surface area (Å²) in [5.41, 5.74) is 1.27. The van der Waals surface area contributed by atoms with Gasteiger partial charge in [0.15, 0.2) is 0 Å². The summed E-state index contributed by atoms with van der Waals surface area (Å²) >= 11 is 11.1. The number of rotatable bonds is 6. The Bertz CT molecular complexity index is 560. The molecule has 0 saturated carbocycles. The zero-order chi connectivity index (χ0) is 14.4. The van der Waals surface area contributed by atoms with Crippen molar-refractivity contribution in [3.05, 3.63) is 51.6 Å². The van der Waals surface area contributed by atoms with Crippen LogP contribution in [0.2, 0.25) is 5.02 Å². The molecule has 0 spiro atoms. The average Bonchev–Trinajstić information content (AvgIpc) is 2.44. The molecule has 0 unspecified atom stereocenters. The number of benzene rings is 1. The van der Waals surface area contributed by atoms with Gasteiger partial charge in [-0.3, -0.25) is 0 Å². The van der Waals surface area contributed by atoms with Crippen LogP contribution in [-0.2, 0) is 6.54 Å². The molecule has 0 amide bonds. The van der Waals surface area contributed by atoms with Crippen LogP contribution < -0.4 is 5.32 Å². The van der Waals surface area contributed by atoms with Crippen molar-refractivity contribution in [1.82, 2.24) is 10.3 Å². The van der Waals surface area contributed by atoms with Gasteiger partial charge in [-0.2, -0.15) is 0 Å². The SMILES string of the molecule is CCCNCc1ccc(Sc2ccc(Cl)cn2)cc1Br. The molecule has 0 aliphatic heterocycles. The zero-order valence-corrected chi connectivity index (χ0v) is 14.4. The van der Waals surface area contributed by atoms with Gasteiger partial charge in [0.2, 0.25) is 0 Å². The van der Waals surface area contributed by atoms with Gasteiger partial charge in [0.1, 0.15) is 5.03 Å².